The molecular formula is C10H22NS. The fraction of sp³-hybridized carbons (Fsp3) is 1.00. The molecule has 0 aliphatic heterocycles. The SMILES string of the molecule is CCCCCCCCSCC[NH]. The maximum absolute atomic E-state index is 6.95. The molecule has 0 saturated heterocycles. The molecule has 0 spiro atoms. The van der Waals surface area contributed by atoms with Gasteiger partial charge in [0.25, 0.3) is 0 Å². The van der Waals surface area contributed by atoms with Crippen molar-refractivity contribution in [2.75, 3.05) is 18.1 Å². The zero-order valence-corrected chi connectivity index (χ0v) is 9.09. The molecule has 1 radical (unpaired) electrons. The van der Waals surface area contributed by atoms with Gasteiger partial charge in [0.05, 0.1) is 0 Å². The van der Waals surface area contributed by atoms with Gasteiger partial charge in [0.1, 0.15) is 0 Å². The Labute approximate surface area is 81.5 Å². The number of hydrogen-bond donors (Lipinski definition) is 0. The minimum atomic E-state index is 0.584. The van der Waals surface area contributed by atoms with Crippen LogP contribution in [0, 0.1) is 0 Å². The van der Waals surface area contributed by atoms with E-state index in [0.29, 0.717) is 6.54 Å². The van der Waals surface area contributed by atoms with Crippen molar-refractivity contribution >= 4 is 11.8 Å². The molecule has 0 aromatic heterocycles. The highest BCUT2D eigenvalue weighted by molar-refractivity contribution is 7.99. The van der Waals surface area contributed by atoms with E-state index in [1.807, 2.05) is 11.8 Å². The van der Waals surface area contributed by atoms with Gasteiger partial charge in [-0.25, -0.2) is 0 Å². The van der Waals surface area contributed by atoms with Crippen LogP contribution in [0.2, 0.25) is 0 Å². The Morgan fingerprint density at radius 1 is 0.917 bits per heavy atom. The standard InChI is InChI=1S/C10H22NS/c1-2-3-4-5-6-7-9-12-10-8-11/h11H,2-10H2,1H3. The minimum Gasteiger partial charge on any atom is -0.257 e. The molecule has 0 fully saturated rings. The number of rotatable bonds is 9. The molecule has 12 heavy (non-hydrogen) atoms. The fourth-order valence-electron chi connectivity index (χ4n) is 1.16. The molecule has 0 heterocycles. The van der Waals surface area contributed by atoms with E-state index in [2.05, 4.69) is 6.92 Å². The average Bonchev–Trinajstić information content (AvgIpc) is 2.10. The second kappa shape index (κ2) is 11.3. The van der Waals surface area contributed by atoms with Crippen molar-refractivity contribution in [3.63, 3.8) is 0 Å². The average molecular weight is 188 g/mol. The molecular weight excluding hydrogens is 166 g/mol. The van der Waals surface area contributed by atoms with E-state index in [9.17, 15) is 0 Å². The van der Waals surface area contributed by atoms with E-state index < -0.39 is 0 Å². The minimum absolute atomic E-state index is 0.584. The van der Waals surface area contributed by atoms with Gasteiger partial charge in [-0.1, -0.05) is 39.0 Å². The van der Waals surface area contributed by atoms with Gasteiger partial charge in [-0.3, -0.25) is 5.73 Å². The molecule has 0 aromatic carbocycles. The lowest BCUT2D eigenvalue weighted by Crippen LogP contribution is -1.90. The number of unbranched alkanes of at least 4 members (excludes halogenated alkanes) is 5. The van der Waals surface area contributed by atoms with E-state index in [4.69, 9.17) is 5.73 Å². The van der Waals surface area contributed by atoms with Crippen molar-refractivity contribution in [1.29, 1.82) is 0 Å². The molecule has 0 aromatic rings. The molecule has 0 rings (SSSR count). The molecule has 0 atom stereocenters. The zero-order chi connectivity index (χ0) is 9.07. The van der Waals surface area contributed by atoms with Gasteiger partial charge < -0.3 is 0 Å². The highest BCUT2D eigenvalue weighted by Gasteiger charge is 1.90. The van der Waals surface area contributed by atoms with Crippen LogP contribution in [0.1, 0.15) is 45.4 Å². The summed E-state index contributed by atoms with van der Waals surface area (Å²) in [4.78, 5) is 0. The summed E-state index contributed by atoms with van der Waals surface area (Å²) in [6.45, 7) is 2.84. The molecule has 0 unspecified atom stereocenters. The lowest BCUT2D eigenvalue weighted by molar-refractivity contribution is 0.627. The van der Waals surface area contributed by atoms with Gasteiger partial charge in [-0.05, 0) is 12.2 Å². The van der Waals surface area contributed by atoms with Crippen LogP contribution in [0.3, 0.4) is 0 Å². The van der Waals surface area contributed by atoms with Crippen LogP contribution in [0.25, 0.3) is 0 Å². The van der Waals surface area contributed by atoms with Crippen LogP contribution < -0.4 is 5.73 Å². The molecule has 0 amide bonds. The van der Waals surface area contributed by atoms with Gasteiger partial charge in [0.15, 0.2) is 0 Å². The second-order valence-electron chi connectivity index (χ2n) is 3.13. The Bertz CT molecular complexity index is 66.2. The fourth-order valence-corrected chi connectivity index (χ4v) is 1.92. The predicted octanol–water partition coefficient (Wildman–Crippen LogP) is 3.36. The number of nitrogens with one attached hydrogen (secondary N) is 1. The van der Waals surface area contributed by atoms with Crippen LogP contribution in [-0.2, 0) is 0 Å². The number of hydrogen-bond acceptors (Lipinski definition) is 1. The third-order valence-corrected chi connectivity index (χ3v) is 2.96. The van der Waals surface area contributed by atoms with Crippen molar-refractivity contribution in [3.8, 4) is 0 Å². The first-order chi connectivity index (χ1) is 5.91. The topological polar surface area (TPSA) is 23.8 Å². The summed E-state index contributed by atoms with van der Waals surface area (Å²) in [7, 11) is 0. The van der Waals surface area contributed by atoms with E-state index in [0.717, 1.165) is 5.75 Å². The van der Waals surface area contributed by atoms with Crippen molar-refractivity contribution < 1.29 is 0 Å². The van der Waals surface area contributed by atoms with E-state index >= 15 is 0 Å². The Morgan fingerprint density at radius 3 is 2.25 bits per heavy atom. The van der Waals surface area contributed by atoms with Crippen LogP contribution in [0.15, 0.2) is 0 Å². The van der Waals surface area contributed by atoms with Gasteiger partial charge in [0.2, 0.25) is 0 Å². The van der Waals surface area contributed by atoms with E-state index in [1.165, 1.54) is 44.3 Å². The lowest BCUT2D eigenvalue weighted by Gasteiger charge is -1.99. The zero-order valence-electron chi connectivity index (χ0n) is 8.27. The summed E-state index contributed by atoms with van der Waals surface area (Å²) < 4.78 is 0. The second-order valence-corrected chi connectivity index (χ2v) is 4.35. The van der Waals surface area contributed by atoms with Crippen LogP contribution >= 0.6 is 11.8 Å². The molecule has 0 bridgehead atoms. The summed E-state index contributed by atoms with van der Waals surface area (Å²) >= 11 is 1.93. The lowest BCUT2D eigenvalue weighted by atomic mass is 10.1. The molecule has 0 aliphatic rings. The van der Waals surface area contributed by atoms with Crippen LogP contribution in [0.4, 0.5) is 0 Å². The van der Waals surface area contributed by atoms with E-state index in [-0.39, 0.29) is 0 Å². The van der Waals surface area contributed by atoms with Crippen LogP contribution in [0.5, 0.6) is 0 Å². The van der Waals surface area contributed by atoms with Crippen LogP contribution in [-0.4, -0.2) is 18.1 Å². The Hall–Kier alpha value is 0.310. The van der Waals surface area contributed by atoms with Gasteiger partial charge in [-0.2, -0.15) is 11.8 Å². The molecule has 1 nitrogen and oxygen atoms in total. The monoisotopic (exact) mass is 188 g/mol. The summed E-state index contributed by atoms with van der Waals surface area (Å²) in [6.07, 6.45) is 8.32. The van der Waals surface area contributed by atoms with Crippen molar-refractivity contribution in [2.45, 2.75) is 45.4 Å². The van der Waals surface area contributed by atoms with Crippen molar-refractivity contribution in [1.82, 2.24) is 5.73 Å². The maximum atomic E-state index is 6.95. The molecule has 73 valence electrons. The van der Waals surface area contributed by atoms with Gasteiger partial charge in [0, 0.05) is 12.3 Å². The highest BCUT2D eigenvalue weighted by Crippen LogP contribution is 2.08. The quantitative estimate of drug-likeness (QED) is 0.509. The Kier molecular flexibility index (Phi) is 11.6. The molecule has 1 N–H and O–H groups in total. The highest BCUT2D eigenvalue weighted by atomic mass is 32.2. The Morgan fingerprint density at radius 2 is 1.58 bits per heavy atom. The normalized spacial score (nSPS) is 10.5. The van der Waals surface area contributed by atoms with Gasteiger partial charge in [-0.15, -0.1) is 0 Å². The third kappa shape index (κ3) is 10.3. The first-order valence-electron chi connectivity index (χ1n) is 5.14. The van der Waals surface area contributed by atoms with Gasteiger partial charge >= 0.3 is 0 Å². The molecule has 0 saturated carbocycles. The van der Waals surface area contributed by atoms with Crippen molar-refractivity contribution in [2.24, 2.45) is 0 Å². The summed E-state index contributed by atoms with van der Waals surface area (Å²) in [5.41, 5.74) is 6.95. The third-order valence-electron chi connectivity index (χ3n) is 1.89. The largest absolute Gasteiger partial charge is 0.257 e. The maximum Gasteiger partial charge on any atom is 0.0191 e. The number of thioether (sulfide) groups is 1. The summed E-state index contributed by atoms with van der Waals surface area (Å²) in [5, 5.41) is 0. The summed E-state index contributed by atoms with van der Waals surface area (Å²) in [5.74, 6) is 2.29. The van der Waals surface area contributed by atoms with Crippen molar-refractivity contribution in [3.05, 3.63) is 0 Å². The Balaban J connectivity index is 2.73. The summed E-state index contributed by atoms with van der Waals surface area (Å²) in [6, 6.07) is 0. The first kappa shape index (κ1) is 12.3. The molecule has 0 aliphatic carbocycles. The first-order valence-corrected chi connectivity index (χ1v) is 6.29. The molecule has 2 heteroatoms. The smallest absolute Gasteiger partial charge is 0.0191 e. The van der Waals surface area contributed by atoms with E-state index in [1.54, 1.807) is 0 Å². The predicted molar refractivity (Wildman–Crippen MR) is 58.7 cm³/mol.